The Balaban J connectivity index is 3.74. The number of nitrogens with one attached hydrogen (secondary N) is 2. The molecular weight excluding hydrogens is 182 g/mol. The summed E-state index contributed by atoms with van der Waals surface area (Å²) >= 11 is 0. The summed E-state index contributed by atoms with van der Waals surface area (Å²) in [4.78, 5) is 15.0. The Bertz CT molecular complexity index is 200. The topological polar surface area (TPSA) is 106 Å². The normalized spacial score (nSPS) is 11.9. The van der Waals surface area contributed by atoms with Crippen LogP contribution < -0.4 is 22.1 Å². The molecule has 0 radical (unpaired) electrons. The van der Waals surface area contributed by atoms with E-state index >= 15 is 0 Å². The monoisotopic (exact) mass is 201 g/mol. The van der Waals surface area contributed by atoms with Gasteiger partial charge in [0.1, 0.15) is 0 Å². The van der Waals surface area contributed by atoms with Gasteiger partial charge in [-0.15, -0.1) is 0 Å². The van der Waals surface area contributed by atoms with Gasteiger partial charge in [0.25, 0.3) is 0 Å². The average Bonchev–Trinajstić information content (AvgIpc) is 2.16. The Morgan fingerprint density at radius 1 is 1.43 bits per heavy atom. The van der Waals surface area contributed by atoms with Gasteiger partial charge in [0.15, 0.2) is 5.96 Å². The zero-order valence-electron chi connectivity index (χ0n) is 8.71. The van der Waals surface area contributed by atoms with Crippen LogP contribution in [0.5, 0.6) is 0 Å². The molecule has 0 saturated heterocycles. The first-order valence-corrected chi connectivity index (χ1v) is 4.56. The second-order valence-electron chi connectivity index (χ2n) is 2.90. The van der Waals surface area contributed by atoms with Gasteiger partial charge in [-0.2, -0.15) is 0 Å². The van der Waals surface area contributed by atoms with Crippen molar-refractivity contribution in [2.75, 3.05) is 20.6 Å². The summed E-state index contributed by atoms with van der Waals surface area (Å²) < 4.78 is 0. The van der Waals surface area contributed by atoms with E-state index in [9.17, 15) is 4.79 Å². The molecule has 6 N–H and O–H groups in total. The van der Waals surface area contributed by atoms with Gasteiger partial charge in [0.05, 0.1) is 6.04 Å². The minimum absolute atomic E-state index is 0.0165. The Morgan fingerprint density at radius 3 is 2.50 bits per heavy atom. The van der Waals surface area contributed by atoms with Crippen LogP contribution in [0.2, 0.25) is 0 Å². The van der Waals surface area contributed by atoms with E-state index in [0.29, 0.717) is 13.0 Å². The highest BCUT2D eigenvalue weighted by molar-refractivity contribution is 5.81. The number of likely N-dealkylation sites (N-methyl/N-ethyl adjacent to an activating group) is 2. The molecule has 6 nitrogen and oxygen atoms in total. The number of hydrogen-bond donors (Lipinski definition) is 4. The SMILES string of the molecule is CNC(=O)[C@H](CCCN=C(N)N)NC. The number of guanidine groups is 1. The molecule has 0 rings (SSSR count). The van der Waals surface area contributed by atoms with Crippen LogP contribution >= 0.6 is 0 Å². The van der Waals surface area contributed by atoms with Crippen LogP contribution in [-0.4, -0.2) is 38.5 Å². The quantitative estimate of drug-likeness (QED) is 0.235. The standard InChI is InChI=1S/C8H19N5O/c1-11-6(7(14)12-2)4-3-5-13-8(9)10/h6,11H,3-5H2,1-2H3,(H,12,14)(H4,9,10,13)/t6-/m0/s1. The van der Waals surface area contributed by atoms with E-state index in [0.717, 1.165) is 6.42 Å². The van der Waals surface area contributed by atoms with Crippen molar-refractivity contribution in [3.8, 4) is 0 Å². The van der Waals surface area contributed by atoms with Crippen molar-refractivity contribution in [3.63, 3.8) is 0 Å². The maximum atomic E-state index is 11.2. The van der Waals surface area contributed by atoms with Gasteiger partial charge in [0.2, 0.25) is 5.91 Å². The Morgan fingerprint density at radius 2 is 2.07 bits per heavy atom. The third-order valence-corrected chi connectivity index (χ3v) is 1.86. The lowest BCUT2D eigenvalue weighted by Crippen LogP contribution is -2.41. The first kappa shape index (κ1) is 12.7. The van der Waals surface area contributed by atoms with Gasteiger partial charge in [0, 0.05) is 13.6 Å². The van der Waals surface area contributed by atoms with Gasteiger partial charge in [-0.1, -0.05) is 0 Å². The van der Waals surface area contributed by atoms with Crippen molar-refractivity contribution >= 4 is 11.9 Å². The summed E-state index contributed by atoms with van der Waals surface area (Å²) in [5.74, 6) is 0.0724. The van der Waals surface area contributed by atoms with Crippen molar-refractivity contribution < 1.29 is 4.79 Å². The van der Waals surface area contributed by atoms with Gasteiger partial charge in [-0.25, -0.2) is 0 Å². The second kappa shape index (κ2) is 7.14. The molecule has 0 heterocycles. The van der Waals surface area contributed by atoms with Crippen molar-refractivity contribution in [2.45, 2.75) is 18.9 Å². The molecule has 0 unspecified atom stereocenters. The molecular formula is C8H19N5O. The molecule has 1 atom stereocenters. The molecule has 0 aromatic carbocycles. The maximum absolute atomic E-state index is 11.2. The highest BCUT2D eigenvalue weighted by Crippen LogP contribution is 1.97. The molecule has 0 aliphatic heterocycles. The zero-order chi connectivity index (χ0) is 11.0. The molecule has 82 valence electrons. The summed E-state index contributed by atoms with van der Waals surface area (Å²) in [5.41, 5.74) is 10.3. The predicted molar refractivity (Wildman–Crippen MR) is 56.8 cm³/mol. The van der Waals surface area contributed by atoms with Crippen LogP contribution in [0.3, 0.4) is 0 Å². The van der Waals surface area contributed by atoms with Crippen LogP contribution in [0.1, 0.15) is 12.8 Å². The number of nitrogens with two attached hydrogens (primary N) is 2. The van der Waals surface area contributed by atoms with Crippen molar-refractivity contribution in [1.29, 1.82) is 0 Å². The maximum Gasteiger partial charge on any atom is 0.236 e. The van der Waals surface area contributed by atoms with E-state index in [4.69, 9.17) is 11.5 Å². The molecule has 0 aromatic heterocycles. The molecule has 0 spiro atoms. The number of hydrogen-bond acceptors (Lipinski definition) is 3. The van der Waals surface area contributed by atoms with Gasteiger partial charge >= 0.3 is 0 Å². The van der Waals surface area contributed by atoms with Crippen molar-refractivity contribution in [2.24, 2.45) is 16.5 Å². The van der Waals surface area contributed by atoms with Crippen LogP contribution in [0.25, 0.3) is 0 Å². The van der Waals surface area contributed by atoms with E-state index in [-0.39, 0.29) is 17.9 Å². The van der Waals surface area contributed by atoms with E-state index in [2.05, 4.69) is 15.6 Å². The van der Waals surface area contributed by atoms with E-state index in [1.807, 2.05) is 0 Å². The largest absolute Gasteiger partial charge is 0.370 e. The Kier molecular flexibility index (Phi) is 6.47. The number of aliphatic imine (C=N–C) groups is 1. The van der Waals surface area contributed by atoms with Crippen LogP contribution in [0, 0.1) is 0 Å². The smallest absolute Gasteiger partial charge is 0.236 e. The van der Waals surface area contributed by atoms with E-state index in [1.165, 1.54) is 0 Å². The van der Waals surface area contributed by atoms with Crippen molar-refractivity contribution in [3.05, 3.63) is 0 Å². The third kappa shape index (κ3) is 5.36. The fourth-order valence-corrected chi connectivity index (χ4v) is 1.08. The summed E-state index contributed by atoms with van der Waals surface area (Å²) in [6.45, 7) is 0.553. The molecule has 0 fully saturated rings. The Labute approximate surface area is 84.1 Å². The predicted octanol–water partition coefficient (Wildman–Crippen LogP) is -1.63. The van der Waals surface area contributed by atoms with Gasteiger partial charge < -0.3 is 22.1 Å². The molecule has 0 bridgehead atoms. The Hall–Kier alpha value is -1.30. The zero-order valence-corrected chi connectivity index (χ0v) is 8.71. The van der Waals surface area contributed by atoms with E-state index in [1.54, 1.807) is 14.1 Å². The first-order chi connectivity index (χ1) is 6.61. The third-order valence-electron chi connectivity index (χ3n) is 1.86. The summed E-state index contributed by atoms with van der Waals surface area (Å²) in [6.07, 6.45) is 1.49. The highest BCUT2D eigenvalue weighted by Gasteiger charge is 2.13. The van der Waals surface area contributed by atoms with Gasteiger partial charge in [-0.05, 0) is 19.9 Å². The number of carbonyl (C=O) groups is 1. The fraction of sp³-hybridized carbons (Fsp3) is 0.750. The number of nitrogens with zero attached hydrogens (tertiary/aromatic N) is 1. The van der Waals surface area contributed by atoms with Crippen LogP contribution in [0.4, 0.5) is 0 Å². The molecule has 1 amide bonds. The number of amides is 1. The molecule has 0 saturated carbocycles. The molecule has 0 aromatic rings. The summed E-state index contributed by atoms with van der Waals surface area (Å²) in [5, 5.41) is 5.50. The lowest BCUT2D eigenvalue weighted by molar-refractivity contribution is -0.122. The first-order valence-electron chi connectivity index (χ1n) is 4.56. The lowest BCUT2D eigenvalue weighted by Gasteiger charge is -2.13. The number of carbonyl (C=O) groups excluding carboxylic acids is 1. The second-order valence-corrected chi connectivity index (χ2v) is 2.90. The fourth-order valence-electron chi connectivity index (χ4n) is 1.08. The molecule has 0 aliphatic rings. The van der Waals surface area contributed by atoms with Crippen LogP contribution in [0.15, 0.2) is 4.99 Å². The summed E-state index contributed by atoms with van der Waals surface area (Å²) in [7, 11) is 3.36. The molecule has 14 heavy (non-hydrogen) atoms. The highest BCUT2D eigenvalue weighted by atomic mass is 16.2. The van der Waals surface area contributed by atoms with Crippen molar-refractivity contribution in [1.82, 2.24) is 10.6 Å². The lowest BCUT2D eigenvalue weighted by atomic mass is 10.1. The van der Waals surface area contributed by atoms with Crippen LogP contribution in [-0.2, 0) is 4.79 Å². The summed E-state index contributed by atoms with van der Waals surface area (Å²) in [6, 6.07) is -0.172. The molecule has 6 heteroatoms. The number of rotatable bonds is 6. The minimum Gasteiger partial charge on any atom is -0.370 e. The minimum atomic E-state index is -0.172. The van der Waals surface area contributed by atoms with Gasteiger partial charge in [-0.3, -0.25) is 9.79 Å². The average molecular weight is 201 g/mol. The van der Waals surface area contributed by atoms with E-state index < -0.39 is 0 Å². The molecule has 0 aliphatic carbocycles.